The first-order chi connectivity index (χ1) is 8.00. The fraction of sp³-hybridized carbons (Fsp3) is 0.538. The highest BCUT2D eigenvalue weighted by molar-refractivity contribution is 5.78. The Balaban J connectivity index is 2.61. The molecule has 0 saturated carbocycles. The van der Waals surface area contributed by atoms with Crippen LogP contribution >= 0.6 is 0 Å². The lowest BCUT2D eigenvalue weighted by Gasteiger charge is -2.19. The quantitative estimate of drug-likeness (QED) is 0.745. The van der Waals surface area contributed by atoms with E-state index in [0.29, 0.717) is 6.42 Å². The summed E-state index contributed by atoms with van der Waals surface area (Å²) in [6, 6.07) is 0. The summed E-state index contributed by atoms with van der Waals surface area (Å²) in [6.45, 7) is 1.80. The van der Waals surface area contributed by atoms with Crippen LogP contribution in [-0.2, 0) is 9.59 Å². The topological polar surface area (TPSA) is 74.6 Å². The third-order valence-electron chi connectivity index (χ3n) is 3.03. The summed E-state index contributed by atoms with van der Waals surface area (Å²) >= 11 is 0. The van der Waals surface area contributed by atoms with Crippen molar-refractivity contribution in [2.75, 3.05) is 0 Å². The lowest BCUT2D eigenvalue weighted by Crippen LogP contribution is -2.25. The zero-order chi connectivity index (χ0) is 12.8. The van der Waals surface area contributed by atoms with Crippen LogP contribution in [0.25, 0.3) is 0 Å². The predicted octanol–water partition coefficient (Wildman–Crippen LogP) is 2.46. The van der Waals surface area contributed by atoms with E-state index in [1.165, 1.54) is 0 Å². The minimum Gasteiger partial charge on any atom is -0.481 e. The molecule has 2 atom stereocenters. The summed E-state index contributed by atoms with van der Waals surface area (Å²) in [5, 5.41) is 17.7. The van der Waals surface area contributed by atoms with Gasteiger partial charge in [0.2, 0.25) is 0 Å². The summed E-state index contributed by atoms with van der Waals surface area (Å²) in [6.07, 6.45) is 8.48. The fourth-order valence-electron chi connectivity index (χ4n) is 2.05. The van der Waals surface area contributed by atoms with Gasteiger partial charge >= 0.3 is 11.9 Å². The van der Waals surface area contributed by atoms with E-state index in [9.17, 15) is 9.59 Å². The van der Waals surface area contributed by atoms with Crippen LogP contribution in [-0.4, -0.2) is 22.2 Å². The molecule has 0 heterocycles. The van der Waals surface area contributed by atoms with Gasteiger partial charge < -0.3 is 10.2 Å². The lowest BCUT2D eigenvalue weighted by molar-refractivity contribution is -0.150. The molecule has 0 amide bonds. The summed E-state index contributed by atoms with van der Waals surface area (Å²) in [5.41, 5.74) is 1.11. The zero-order valence-corrected chi connectivity index (χ0v) is 9.93. The summed E-state index contributed by atoms with van der Waals surface area (Å²) in [4.78, 5) is 21.6. The number of hydrogen-bond acceptors (Lipinski definition) is 2. The standard InChI is InChI=1S/C13H18O4/c1-9(7-10-5-3-2-4-6-10)11(13(16)17)8-12(14)15/h3,5-6,9,11H,2,4,7-8H2,1H3,(H,14,15)(H,16,17). The minimum absolute atomic E-state index is 0.169. The average molecular weight is 238 g/mol. The third kappa shape index (κ3) is 4.43. The minimum atomic E-state index is -1.06. The van der Waals surface area contributed by atoms with E-state index in [0.717, 1.165) is 18.4 Å². The van der Waals surface area contributed by atoms with E-state index in [-0.39, 0.29) is 12.3 Å². The van der Waals surface area contributed by atoms with Gasteiger partial charge in [-0.25, -0.2) is 0 Å². The maximum absolute atomic E-state index is 11.0. The highest BCUT2D eigenvalue weighted by Crippen LogP contribution is 2.25. The molecule has 1 rings (SSSR count). The van der Waals surface area contributed by atoms with Crippen LogP contribution < -0.4 is 0 Å². The molecular formula is C13H18O4. The second kappa shape index (κ2) is 6.23. The number of aliphatic carboxylic acids is 2. The van der Waals surface area contributed by atoms with Crippen molar-refractivity contribution in [1.29, 1.82) is 0 Å². The Morgan fingerprint density at radius 3 is 2.53 bits per heavy atom. The molecule has 0 spiro atoms. The Hall–Kier alpha value is -1.58. The van der Waals surface area contributed by atoms with Gasteiger partial charge in [-0.15, -0.1) is 0 Å². The van der Waals surface area contributed by atoms with Crippen LogP contribution in [0.2, 0.25) is 0 Å². The van der Waals surface area contributed by atoms with Crippen LogP contribution in [0.5, 0.6) is 0 Å². The van der Waals surface area contributed by atoms with Crippen LogP contribution in [0.4, 0.5) is 0 Å². The molecule has 94 valence electrons. The number of rotatable bonds is 6. The van der Waals surface area contributed by atoms with Crippen molar-refractivity contribution >= 4 is 11.9 Å². The van der Waals surface area contributed by atoms with Crippen molar-refractivity contribution in [2.45, 2.75) is 32.6 Å². The SMILES string of the molecule is CC(CC1=CCCC=C1)C(CC(=O)O)C(=O)O. The van der Waals surface area contributed by atoms with Crippen molar-refractivity contribution in [3.63, 3.8) is 0 Å². The van der Waals surface area contributed by atoms with Gasteiger partial charge in [0, 0.05) is 0 Å². The Morgan fingerprint density at radius 2 is 2.06 bits per heavy atom. The molecule has 4 heteroatoms. The largest absolute Gasteiger partial charge is 0.481 e. The molecule has 17 heavy (non-hydrogen) atoms. The molecule has 1 aliphatic carbocycles. The first-order valence-corrected chi connectivity index (χ1v) is 5.81. The Morgan fingerprint density at radius 1 is 1.35 bits per heavy atom. The van der Waals surface area contributed by atoms with Crippen molar-refractivity contribution in [3.05, 3.63) is 23.8 Å². The Bertz CT molecular complexity index is 354. The molecule has 2 N–H and O–H groups in total. The van der Waals surface area contributed by atoms with Gasteiger partial charge in [-0.05, 0) is 25.2 Å². The molecule has 0 radical (unpaired) electrons. The van der Waals surface area contributed by atoms with E-state index in [4.69, 9.17) is 10.2 Å². The summed E-state index contributed by atoms with van der Waals surface area (Å²) < 4.78 is 0. The van der Waals surface area contributed by atoms with Gasteiger partial charge in [-0.1, -0.05) is 30.7 Å². The molecule has 2 unspecified atom stereocenters. The molecule has 0 aromatic carbocycles. The molecule has 0 aromatic rings. The summed E-state index contributed by atoms with van der Waals surface area (Å²) in [5.74, 6) is -3.07. The molecule has 4 nitrogen and oxygen atoms in total. The van der Waals surface area contributed by atoms with E-state index in [2.05, 4.69) is 12.2 Å². The first kappa shape index (κ1) is 13.5. The van der Waals surface area contributed by atoms with Crippen LogP contribution in [0.15, 0.2) is 23.8 Å². The number of carboxylic acids is 2. The van der Waals surface area contributed by atoms with Crippen molar-refractivity contribution in [1.82, 2.24) is 0 Å². The average Bonchev–Trinajstić information content (AvgIpc) is 2.26. The second-order valence-electron chi connectivity index (χ2n) is 4.48. The maximum atomic E-state index is 11.0. The van der Waals surface area contributed by atoms with Gasteiger partial charge in [0.1, 0.15) is 0 Å². The molecular weight excluding hydrogens is 220 g/mol. The van der Waals surface area contributed by atoms with E-state index in [1.54, 1.807) is 6.92 Å². The highest BCUT2D eigenvalue weighted by atomic mass is 16.4. The van der Waals surface area contributed by atoms with E-state index >= 15 is 0 Å². The molecule has 1 aliphatic rings. The van der Waals surface area contributed by atoms with Crippen molar-refractivity contribution in [3.8, 4) is 0 Å². The lowest BCUT2D eigenvalue weighted by atomic mass is 9.85. The fourth-order valence-corrected chi connectivity index (χ4v) is 2.05. The van der Waals surface area contributed by atoms with Gasteiger partial charge in [0.15, 0.2) is 0 Å². The number of allylic oxidation sites excluding steroid dienone is 4. The Kier molecular flexibility index (Phi) is 4.94. The van der Waals surface area contributed by atoms with Crippen LogP contribution in [0, 0.1) is 11.8 Å². The number of hydrogen-bond donors (Lipinski definition) is 2. The number of carboxylic acid groups (broad SMARTS) is 2. The monoisotopic (exact) mass is 238 g/mol. The van der Waals surface area contributed by atoms with E-state index in [1.807, 2.05) is 6.08 Å². The maximum Gasteiger partial charge on any atom is 0.307 e. The number of carbonyl (C=O) groups is 2. The van der Waals surface area contributed by atoms with Crippen LogP contribution in [0.1, 0.15) is 32.6 Å². The summed E-state index contributed by atoms with van der Waals surface area (Å²) in [7, 11) is 0. The normalized spacial score (nSPS) is 18.3. The Labute approximate surface area is 101 Å². The smallest absolute Gasteiger partial charge is 0.307 e. The molecule has 0 aromatic heterocycles. The highest BCUT2D eigenvalue weighted by Gasteiger charge is 2.27. The molecule has 0 fully saturated rings. The second-order valence-corrected chi connectivity index (χ2v) is 4.48. The van der Waals surface area contributed by atoms with Gasteiger partial charge in [-0.3, -0.25) is 9.59 Å². The van der Waals surface area contributed by atoms with Gasteiger partial charge in [-0.2, -0.15) is 0 Å². The third-order valence-corrected chi connectivity index (χ3v) is 3.03. The molecule has 0 bridgehead atoms. The van der Waals surface area contributed by atoms with Gasteiger partial charge in [0.05, 0.1) is 12.3 Å². The molecule has 0 saturated heterocycles. The van der Waals surface area contributed by atoms with Crippen LogP contribution in [0.3, 0.4) is 0 Å². The first-order valence-electron chi connectivity index (χ1n) is 5.81. The van der Waals surface area contributed by atoms with E-state index < -0.39 is 17.9 Å². The predicted molar refractivity (Wildman–Crippen MR) is 63.6 cm³/mol. The molecule has 0 aliphatic heterocycles. The van der Waals surface area contributed by atoms with Crippen molar-refractivity contribution < 1.29 is 19.8 Å². The van der Waals surface area contributed by atoms with Crippen molar-refractivity contribution in [2.24, 2.45) is 11.8 Å². The zero-order valence-electron chi connectivity index (χ0n) is 9.93. The van der Waals surface area contributed by atoms with Gasteiger partial charge in [0.25, 0.3) is 0 Å².